The van der Waals surface area contributed by atoms with Crippen molar-refractivity contribution in [3.05, 3.63) is 83.3 Å². The van der Waals surface area contributed by atoms with Gasteiger partial charge in [0.2, 0.25) is 5.91 Å². The summed E-state index contributed by atoms with van der Waals surface area (Å²) in [6.45, 7) is 12.0. The van der Waals surface area contributed by atoms with E-state index in [1.807, 2.05) is 52.8 Å². The van der Waals surface area contributed by atoms with Crippen LogP contribution in [0.2, 0.25) is 20.1 Å². The third kappa shape index (κ3) is 6.28. The van der Waals surface area contributed by atoms with E-state index in [0.29, 0.717) is 66.1 Å². The van der Waals surface area contributed by atoms with Crippen LogP contribution < -0.4 is 19.9 Å². The Morgan fingerprint density at radius 1 is 0.982 bits per heavy atom. The second-order valence-corrected chi connectivity index (χ2v) is 19.5. The SMILES string of the molecule is CC(C)(C)NC(=O)CCCN1CCCc2cc3c(cc21)Oc1c(cc2c4c1CCCN4C(C)(C)C=C2CS(=O)(=O)O)C31OC(=O)c2c(Cl)c(Cl)c(Cl)c(Cl)c21. The maximum Gasteiger partial charge on any atom is 0.341 e. The van der Waals surface area contributed by atoms with Gasteiger partial charge < -0.3 is 24.6 Å². The molecule has 1 unspecified atom stereocenters. The number of fused-ring (bicyclic) bond motifs is 8. The van der Waals surface area contributed by atoms with Gasteiger partial charge in [-0.1, -0.05) is 52.5 Å². The number of aryl methyl sites for hydroxylation is 1. The van der Waals surface area contributed by atoms with Crippen LogP contribution in [0.15, 0.2) is 24.3 Å². The van der Waals surface area contributed by atoms with Gasteiger partial charge in [0.15, 0.2) is 5.60 Å². The summed E-state index contributed by atoms with van der Waals surface area (Å²) in [4.78, 5) is 31.3. The molecule has 0 bridgehead atoms. The highest BCUT2D eigenvalue weighted by Gasteiger charge is 2.58. The van der Waals surface area contributed by atoms with Gasteiger partial charge in [-0.25, -0.2) is 4.79 Å². The molecular weight excluding hydrogens is 808 g/mol. The second-order valence-electron chi connectivity index (χ2n) is 16.6. The average molecular weight is 850 g/mol. The van der Waals surface area contributed by atoms with Crippen LogP contribution in [0.1, 0.15) is 104 Å². The lowest BCUT2D eigenvalue weighted by molar-refractivity contribution is -0.122. The molecule has 0 saturated heterocycles. The molecular formula is C40H41Cl4N3O7S. The van der Waals surface area contributed by atoms with Gasteiger partial charge in [-0.3, -0.25) is 9.35 Å². The first-order valence-corrected chi connectivity index (χ1v) is 21.5. The van der Waals surface area contributed by atoms with Gasteiger partial charge >= 0.3 is 5.97 Å². The van der Waals surface area contributed by atoms with Crippen molar-refractivity contribution in [3.63, 3.8) is 0 Å². The van der Waals surface area contributed by atoms with E-state index >= 15 is 0 Å². The summed E-state index contributed by atoms with van der Waals surface area (Å²) in [6, 6.07) is 5.75. The molecule has 292 valence electrons. The standard InChI is InChI=1S/C40H41Cl4N3O7S/c1-38(2,3)45-28(48)11-8-13-46-12-6-9-20-15-24-27(17-26(20)46)53-36-22-10-7-14-47-35(22)23(21(18-39(47,4)5)19-55(50,51)52)16-25(36)40(24)30-29(37(49)54-40)31(41)33(43)34(44)32(30)42/h15-18H,6-14,19H2,1-5H3,(H,45,48)(H,50,51,52). The predicted molar refractivity (Wildman–Crippen MR) is 217 cm³/mol. The van der Waals surface area contributed by atoms with E-state index in [9.17, 15) is 22.6 Å². The quantitative estimate of drug-likeness (QED) is 0.108. The highest BCUT2D eigenvalue weighted by Crippen LogP contribution is 2.64. The molecule has 0 aromatic heterocycles. The summed E-state index contributed by atoms with van der Waals surface area (Å²) < 4.78 is 48.7. The van der Waals surface area contributed by atoms with Crippen LogP contribution in [-0.2, 0) is 38.1 Å². The predicted octanol–water partition coefficient (Wildman–Crippen LogP) is 9.13. The zero-order chi connectivity index (χ0) is 39.6. The lowest BCUT2D eigenvalue weighted by Gasteiger charge is -2.49. The van der Waals surface area contributed by atoms with Crippen molar-refractivity contribution in [1.82, 2.24) is 5.32 Å². The number of amides is 1. The topological polar surface area (TPSA) is 125 Å². The molecule has 0 radical (unpaired) electrons. The second kappa shape index (κ2) is 13.2. The molecule has 1 atom stereocenters. The van der Waals surface area contributed by atoms with Crippen molar-refractivity contribution < 1.29 is 32.0 Å². The Labute approximate surface area is 340 Å². The minimum atomic E-state index is -4.45. The van der Waals surface area contributed by atoms with Crippen molar-refractivity contribution in [2.75, 3.05) is 35.2 Å². The number of rotatable bonds is 6. The third-order valence-corrected chi connectivity index (χ3v) is 13.6. The van der Waals surface area contributed by atoms with Crippen LogP contribution in [0.3, 0.4) is 0 Å². The van der Waals surface area contributed by atoms with Crippen LogP contribution in [-0.4, -0.2) is 61.3 Å². The fourth-order valence-electron chi connectivity index (χ4n) is 9.10. The zero-order valence-electron chi connectivity index (χ0n) is 31.1. The molecule has 5 heterocycles. The van der Waals surface area contributed by atoms with E-state index in [2.05, 4.69) is 15.1 Å². The molecule has 10 nitrogen and oxygen atoms in total. The molecule has 8 rings (SSSR count). The Morgan fingerprint density at radius 2 is 1.69 bits per heavy atom. The van der Waals surface area contributed by atoms with Gasteiger partial charge in [-0.05, 0) is 90.0 Å². The van der Waals surface area contributed by atoms with Crippen molar-refractivity contribution in [2.24, 2.45) is 0 Å². The summed E-state index contributed by atoms with van der Waals surface area (Å²) >= 11 is 27.2. The Hall–Kier alpha value is -3.19. The maximum atomic E-state index is 14.2. The lowest BCUT2D eigenvalue weighted by Crippen LogP contribution is -2.48. The molecule has 5 aliphatic rings. The minimum Gasteiger partial charge on any atom is -0.456 e. The largest absolute Gasteiger partial charge is 0.456 e. The van der Waals surface area contributed by atoms with Crippen molar-refractivity contribution in [1.29, 1.82) is 0 Å². The van der Waals surface area contributed by atoms with Crippen LogP contribution in [0.5, 0.6) is 11.5 Å². The van der Waals surface area contributed by atoms with Gasteiger partial charge in [0, 0.05) is 71.2 Å². The molecule has 1 amide bonds. The first-order chi connectivity index (χ1) is 25.7. The number of ether oxygens (including phenoxy) is 2. The molecule has 3 aromatic carbocycles. The Balaban J connectivity index is 1.36. The molecule has 2 N–H and O–H groups in total. The van der Waals surface area contributed by atoms with Gasteiger partial charge in [0.05, 0.1) is 36.9 Å². The minimum absolute atomic E-state index is 0.00260. The van der Waals surface area contributed by atoms with E-state index in [-0.39, 0.29) is 42.7 Å². The molecule has 0 aliphatic carbocycles. The molecule has 5 aliphatic heterocycles. The Kier molecular flexibility index (Phi) is 9.27. The van der Waals surface area contributed by atoms with Gasteiger partial charge in [-0.2, -0.15) is 8.42 Å². The zero-order valence-corrected chi connectivity index (χ0v) is 34.9. The fraction of sp³-hybridized carbons (Fsp3) is 0.450. The molecule has 1 spiro atoms. The number of carbonyl (C=O) groups is 2. The molecule has 55 heavy (non-hydrogen) atoms. The number of carbonyl (C=O) groups excluding carboxylic acids is 2. The van der Waals surface area contributed by atoms with Crippen molar-refractivity contribution in [2.45, 2.75) is 89.8 Å². The van der Waals surface area contributed by atoms with Crippen LogP contribution in [0.25, 0.3) is 5.57 Å². The highest BCUT2D eigenvalue weighted by molar-refractivity contribution is 7.86. The Bertz CT molecular complexity index is 2370. The number of hydrogen-bond donors (Lipinski definition) is 2. The summed E-state index contributed by atoms with van der Waals surface area (Å²) in [5, 5.41) is 2.81. The van der Waals surface area contributed by atoms with Crippen LogP contribution >= 0.6 is 46.4 Å². The van der Waals surface area contributed by atoms with Crippen molar-refractivity contribution >= 4 is 85.3 Å². The average Bonchev–Trinajstić information content (AvgIpc) is 3.39. The van der Waals surface area contributed by atoms with E-state index in [1.54, 1.807) is 6.07 Å². The molecule has 0 saturated carbocycles. The highest BCUT2D eigenvalue weighted by atomic mass is 35.5. The number of hydrogen-bond acceptors (Lipinski definition) is 8. The van der Waals surface area contributed by atoms with E-state index in [4.69, 9.17) is 55.9 Å². The smallest absolute Gasteiger partial charge is 0.341 e. The molecule has 0 fully saturated rings. The number of halogens is 4. The number of benzene rings is 3. The first-order valence-electron chi connectivity index (χ1n) is 18.4. The molecule has 15 heteroatoms. The first kappa shape index (κ1) is 38.7. The number of esters is 1. The lowest BCUT2D eigenvalue weighted by atomic mass is 9.73. The normalized spacial score (nSPS) is 20.5. The number of nitrogens with one attached hydrogen (secondary N) is 1. The summed E-state index contributed by atoms with van der Waals surface area (Å²) in [5.74, 6) is -0.474. The summed E-state index contributed by atoms with van der Waals surface area (Å²) in [6.07, 6.45) is 5.81. The van der Waals surface area contributed by atoms with Gasteiger partial charge in [-0.15, -0.1) is 0 Å². The Morgan fingerprint density at radius 3 is 2.40 bits per heavy atom. The monoisotopic (exact) mass is 847 g/mol. The van der Waals surface area contributed by atoms with E-state index in [0.717, 1.165) is 48.3 Å². The van der Waals surface area contributed by atoms with E-state index < -0.39 is 33.0 Å². The number of anilines is 2. The number of nitrogens with zero attached hydrogens (tertiary/aromatic N) is 2. The summed E-state index contributed by atoms with van der Waals surface area (Å²) in [7, 11) is -4.45. The van der Waals surface area contributed by atoms with Crippen molar-refractivity contribution in [3.8, 4) is 11.5 Å². The molecule has 3 aromatic rings. The fourth-order valence-corrected chi connectivity index (χ4v) is 10.8. The van der Waals surface area contributed by atoms with Gasteiger partial charge in [0.1, 0.15) is 17.3 Å². The van der Waals surface area contributed by atoms with E-state index in [1.165, 1.54) is 0 Å². The van der Waals surface area contributed by atoms with Crippen LogP contribution in [0.4, 0.5) is 11.4 Å². The maximum absolute atomic E-state index is 14.2. The van der Waals surface area contributed by atoms with Gasteiger partial charge in [0.25, 0.3) is 10.1 Å². The van der Waals surface area contributed by atoms with Crippen LogP contribution in [0, 0.1) is 0 Å². The third-order valence-electron chi connectivity index (χ3n) is 11.1. The summed E-state index contributed by atoms with van der Waals surface area (Å²) in [5.41, 5.74) is 3.02.